The number of rotatable bonds is 7. The molecular weight excluding hydrogens is 240 g/mol. The van der Waals surface area contributed by atoms with Crippen LogP contribution in [-0.4, -0.2) is 18.4 Å². The molecule has 0 bridgehead atoms. The minimum absolute atomic E-state index is 0.0369. The number of unbranched alkanes of at least 4 members (excludes halogenated alkanes) is 2. The number of nitrogens with one attached hydrogen (secondary N) is 2. The molecule has 0 spiro atoms. The number of carbonyl (C=O) groups excluding carboxylic acids is 2. The Hall–Kier alpha value is -1.84. The summed E-state index contributed by atoms with van der Waals surface area (Å²) in [7, 11) is 0. The molecule has 0 fully saturated rings. The van der Waals surface area contributed by atoms with Crippen molar-refractivity contribution in [3.63, 3.8) is 0 Å². The van der Waals surface area contributed by atoms with Gasteiger partial charge < -0.3 is 10.6 Å². The van der Waals surface area contributed by atoms with Crippen LogP contribution in [0.5, 0.6) is 0 Å². The van der Waals surface area contributed by atoms with Gasteiger partial charge in [0.1, 0.15) is 0 Å². The van der Waals surface area contributed by atoms with Gasteiger partial charge in [-0.05, 0) is 25.5 Å². The molecule has 0 aliphatic heterocycles. The lowest BCUT2D eigenvalue weighted by atomic mass is 10.1. The molecule has 19 heavy (non-hydrogen) atoms. The summed E-state index contributed by atoms with van der Waals surface area (Å²) in [5, 5.41) is 5.55. The minimum Gasteiger partial charge on any atom is -0.352 e. The van der Waals surface area contributed by atoms with E-state index < -0.39 is 0 Å². The van der Waals surface area contributed by atoms with E-state index in [0.29, 0.717) is 24.2 Å². The van der Waals surface area contributed by atoms with E-state index in [4.69, 9.17) is 0 Å². The molecule has 1 aromatic carbocycles. The smallest absolute Gasteiger partial charge is 0.253 e. The average molecular weight is 262 g/mol. The molecule has 0 aliphatic rings. The number of para-hydroxylation sites is 1. The zero-order valence-corrected chi connectivity index (χ0v) is 11.7. The predicted molar refractivity (Wildman–Crippen MR) is 77.2 cm³/mol. The van der Waals surface area contributed by atoms with Crippen LogP contribution in [0.4, 0.5) is 5.69 Å². The Balaban J connectivity index is 2.67. The van der Waals surface area contributed by atoms with Crippen LogP contribution in [0.25, 0.3) is 0 Å². The molecule has 0 heterocycles. The molecule has 0 saturated heterocycles. The Kier molecular flexibility index (Phi) is 6.64. The van der Waals surface area contributed by atoms with Crippen molar-refractivity contribution in [2.75, 3.05) is 11.9 Å². The summed E-state index contributed by atoms with van der Waals surface area (Å²) < 4.78 is 0. The molecular formula is C15H22N2O2. The number of carbonyl (C=O) groups is 2. The van der Waals surface area contributed by atoms with Crippen molar-refractivity contribution in [1.29, 1.82) is 0 Å². The second-order valence-electron chi connectivity index (χ2n) is 4.41. The van der Waals surface area contributed by atoms with E-state index in [9.17, 15) is 9.59 Å². The van der Waals surface area contributed by atoms with Crippen molar-refractivity contribution in [1.82, 2.24) is 5.32 Å². The lowest BCUT2D eigenvalue weighted by Gasteiger charge is -2.10. The highest BCUT2D eigenvalue weighted by molar-refractivity contribution is 6.03. The first-order valence-electron chi connectivity index (χ1n) is 6.86. The van der Waals surface area contributed by atoms with Crippen LogP contribution in [0.2, 0.25) is 0 Å². The van der Waals surface area contributed by atoms with E-state index in [-0.39, 0.29) is 11.8 Å². The maximum Gasteiger partial charge on any atom is 0.253 e. The molecule has 1 rings (SSSR count). The van der Waals surface area contributed by atoms with Gasteiger partial charge in [0.25, 0.3) is 5.91 Å². The maximum absolute atomic E-state index is 11.8. The fourth-order valence-electron chi connectivity index (χ4n) is 1.79. The molecule has 2 amide bonds. The molecule has 0 aliphatic carbocycles. The second-order valence-corrected chi connectivity index (χ2v) is 4.41. The third kappa shape index (κ3) is 5.12. The zero-order chi connectivity index (χ0) is 14.1. The van der Waals surface area contributed by atoms with Crippen LogP contribution >= 0.6 is 0 Å². The largest absolute Gasteiger partial charge is 0.352 e. The zero-order valence-electron chi connectivity index (χ0n) is 11.7. The number of amides is 2. The SMILES string of the molecule is CCCCCC(=O)Nc1ccccc1C(=O)NCC. The molecule has 4 heteroatoms. The fourth-order valence-corrected chi connectivity index (χ4v) is 1.79. The van der Waals surface area contributed by atoms with Crippen molar-refractivity contribution in [3.8, 4) is 0 Å². The monoisotopic (exact) mass is 262 g/mol. The number of benzene rings is 1. The van der Waals surface area contributed by atoms with Crippen LogP contribution in [-0.2, 0) is 4.79 Å². The van der Waals surface area contributed by atoms with Gasteiger partial charge in [-0.15, -0.1) is 0 Å². The molecule has 4 nitrogen and oxygen atoms in total. The number of hydrogen-bond donors (Lipinski definition) is 2. The topological polar surface area (TPSA) is 58.2 Å². The Morgan fingerprint density at radius 3 is 2.53 bits per heavy atom. The van der Waals surface area contributed by atoms with Crippen molar-refractivity contribution < 1.29 is 9.59 Å². The second kappa shape index (κ2) is 8.29. The molecule has 104 valence electrons. The highest BCUT2D eigenvalue weighted by Crippen LogP contribution is 2.15. The lowest BCUT2D eigenvalue weighted by molar-refractivity contribution is -0.116. The minimum atomic E-state index is -0.160. The van der Waals surface area contributed by atoms with Crippen molar-refractivity contribution >= 4 is 17.5 Å². The first-order chi connectivity index (χ1) is 9.19. The normalized spacial score (nSPS) is 10.0. The van der Waals surface area contributed by atoms with Crippen molar-refractivity contribution in [3.05, 3.63) is 29.8 Å². The number of hydrogen-bond acceptors (Lipinski definition) is 2. The fraction of sp³-hybridized carbons (Fsp3) is 0.467. The van der Waals surface area contributed by atoms with Crippen LogP contribution in [0.1, 0.15) is 49.9 Å². The van der Waals surface area contributed by atoms with Gasteiger partial charge in [0.15, 0.2) is 0 Å². The molecule has 0 unspecified atom stereocenters. The highest BCUT2D eigenvalue weighted by Gasteiger charge is 2.11. The van der Waals surface area contributed by atoms with Gasteiger partial charge in [-0.3, -0.25) is 9.59 Å². The molecule has 0 radical (unpaired) electrons. The first-order valence-corrected chi connectivity index (χ1v) is 6.86. The standard InChI is InChI=1S/C15H22N2O2/c1-3-5-6-11-14(18)17-13-10-8-7-9-12(13)15(19)16-4-2/h7-10H,3-6,11H2,1-2H3,(H,16,19)(H,17,18). The Bertz CT molecular complexity index is 430. The van der Waals surface area contributed by atoms with E-state index in [2.05, 4.69) is 17.6 Å². The summed E-state index contributed by atoms with van der Waals surface area (Å²) in [5.74, 6) is -0.197. The summed E-state index contributed by atoms with van der Waals surface area (Å²) in [4.78, 5) is 23.6. The first kappa shape index (κ1) is 15.2. The Labute approximate surface area is 114 Å². The third-order valence-electron chi connectivity index (χ3n) is 2.79. The van der Waals surface area contributed by atoms with Crippen LogP contribution < -0.4 is 10.6 Å². The van der Waals surface area contributed by atoms with Crippen LogP contribution in [0.15, 0.2) is 24.3 Å². The van der Waals surface area contributed by atoms with Gasteiger partial charge in [0.05, 0.1) is 11.3 Å². The quantitative estimate of drug-likeness (QED) is 0.742. The molecule has 0 atom stereocenters. The Morgan fingerprint density at radius 1 is 1.11 bits per heavy atom. The predicted octanol–water partition coefficient (Wildman–Crippen LogP) is 2.96. The van der Waals surface area contributed by atoms with Crippen molar-refractivity contribution in [2.24, 2.45) is 0 Å². The number of anilines is 1. The van der Waals surface area contributed by atoms with Gasteiger partial charge in [-0.2, -0.15) is 0 Å². The lowest BCUT2D eigenvalue weighted by Crippen LogP contribution is -2.24. The van der Waals surface area contributed by atoms with Gasteiger partial charge in [0.2, 0.25) is 5.91 Å². The molecule has 0 aromatic heterocycles. The average Bonchev–Trinajstić information content (AvgIpc) is 2.40. The molecule has 0 saturated carbocycles. The maximum atomic E-state index is 11.8. The van der Waals surface area contributed by atoms with Gasteiger partial charge in [0, 0.05) is 13.0 Å². The van der Waals surface area contributed by atoms with Gasteiger partial charge >= 0.3 is 0 Å². The van der Waals surface area contributed by atoms with Crippen molar-refractivity contribution in [2.45, 2.75) is 39.5 Å². The van der Waals surface area contributed by atoms with E-state index in [1.165, 1.54) is 0 Å². The van der Waals surface area contributed by atoms with E-state index in [1.807, 2.05) is 13.0 Å². The van der Waals surface area contributed by atoms with E-state index >= 15 is 0 Å². The van der Waals surface area contributed by atoms with E-state index in [1.54, 1.807) is 18.2 Å². The van der Waals surface area contributed by atoms with Gasteiger partial charge in [-0.1, -0.05) is 31.9 Å². The summed E-state index contributed by atoms with van der Waals surface area (Å²) >= 11 is 0. The van der Waals surface area contributed by atoms with Gasteiger partial charge in [-0.25, -0.2) is 0 Å². The Morgan fingerprint density at radius 2 is 1.84 bits per heavy atom. The molecule has 1 aromatic rings. The highest BCUT2D eigenvalue weighted by atomic mass is 16.2. The molecule has 2 N–H and O–H groups in total. The summed E-state index contributed by atoms with van der Waals surface area (Å²) in [6.45, 7) is 4.53. The summed E-state index contributed by atoms with van der Waals surface area (Å²) in [6, 6.07) is 7.07. The van der Waals surface area contributed by atoms with Crippen LogP contribution in [0, 0.1) is 0 Å². The third-order valence-corrected chi connectivity index (χ3v) is 2.79. The van der Waals surface area contributed by atoms with E-state index in [0.717, 1.165) is 19.3 Å². The summed E-state index contributed by atoms with van der Waals surface area (Å²) in [5.41, 5.74) is 1.09. The van der Waals surface area contributed by atoms with Crippen LogP contribution in [0.3, 0.4) is 0 Å². The summed E-state index contributed by atoms with van der Waals surface area (Å²) in [6.07, 6.45) is 3.51.